The first-order valence-electron chi connectivity index (χ1n) is 7.18. The van der Waals surface area contributed by atoms with Crippen LogP contribution in [0.3, 0.4) is 0 Å². The Hall–Kier alpha value is -2.45. The van der Waals surface area contributed by atoms with Crippen molar-refractivity contribution in [2.75, 3.05) is 5.32 Å². The molecule has 0 bridgehead atoms. The first kappa shape index (κ1) is 17.4. The summed E-state index contributed by atoms with van der Waals surface area (Å²) in [6.45, 7) is 3.64. The minimum absolute atomic E-state index is 0.00791. The zero-order valence-corrected chi connectivity index (χ0v) is 15.6. The van der Waals surface area contributed by atoms with Gasteiger partial charge in [0.25, 0.3) is 11.6 Å². The quantitative estimate of drug-likeness (QED) is 0.495. The molecule has 0 atom stereocenters. The van der Waals surface area contributed by atoms with Crippen molar-refractivity contribution in [1.29, 1.82) is 0 Å². The highest BCUT2D eigenvalue weighted by molar-refractivity contribution is 9.10. The van der Waals surface area contributed by atoms with Crippen LogP contribution in [0.4, 0.5) is 11.4 Å². The van der Waals surface area contributed by atoms with Gasteiger partial charge in [0.1, 0.15) is 16.4 Å². The Morgan fingerprint density at radius 2 is 2.08 bits per heavy atom. The summed E-state index contributed by atoms with van der Waals surface area (Å²) in [5.74, 6) is -0.417. The van der Waals surface area contributed by atoms with Crippen molar-refractivity contribution < 1.29 is 9.72 Å². The summed E-state index contributed by atoms with van der Waals surface area (Å²) in [5, 5.41) is 13.6. The van der Waals surface area contributed by atoms with E-state index >= 15 is 0 Å². The van der Waals surface area contributed by atoms with E-state index in [0.29, 0.717) is 17.0 Å². The molecule has 25 heavy (non-hydrogen) atoms. The van der Waals surface area contributed by atoms with Crippen LogP contribution in [0, 0.1) is 24.0 Å². The number of hydrogen-bond acceptors (Lipinski definition) is 4. The van der Waals surface area contributed by atoms with E-state index in [1.165, 1.54) is 18.2 Å². The van der Waals surface area contributed by atoms with Gasteiger partial charge in [0.05, 0.1) is 10.6 Å². The van der Waals surface area contributed by atoms with Gasteiger partial charge >= 0.3 is 0 Å². The van der Waals surface area contributed by atoms with Gasteiger partial charge in [0.15, 0.2) is 0 Å². The van der Waals surface area contributed by atoms with Gasteiger partial charge in [-0.15, -0.1) is 0 Å². The molecule has 1 aromatic carbocycles. The first-order valence-corrected chi connectivity index (χ1v) is 8.35. The largest absolute Gasteiger partial charge is 0.320 e. The number of hydrogen-bond donors (Lipinski definition) is 1. The molecule has 128 valence electrons. The minimum atomic E-state index is -0.599. The van der Waals surface area contributed by atoms with Crippen LogP contribution < -0.4 is 5.32 Å². The van der Waals surface area contributed by atoms with Gasteiger partial charge in [-0.05, 0) is 53.5 Å². The van der Waals surface area contributed by atoms with E-state index in [1.807, 2.05) is 13.0 Å². The molecule has 7 nitrogen and oxygen atoms in total. The molecule has 0 saturated heterocycles. The highest BCUT2D eigenvalue weighted by Gasteiger charge is 2.20. The Kier molecular flexibility index (Phi) is 4.49. The summed E-state index contributed by atoms with van der Waals surface area (Å²) in [7, 11) is 0. The molecule has 3 rings (SSSR count). The predicted octanol–water partition coefficient (Wildman–Crippen LogP) is 4.53. The van der Waals surface area contributed by atoms with Gasteiger partial charge in [0.2, 0.25) is 0 Å². The molecule has 3 aromatic rings. The van der Waals surface area contributed by atoms with Crippen molar-refractivity contribution >= 4 is 50.5 Å². The van der Waals surface area contributed by atoms with Crippen molar-refractivity contribution in [2.45, 2.75) is 13.8 Å². The molecular formula is C16H12BrClN4O3. The number of nitrogens with zero attached hydrogens (tertiary/aromatic N) is 3. The van der Waals surface area contributed by atoms with E-state index in [2.05, 4.69) is 26.2 Å². The number of carbonyl (C=O) groups excluding carboxylic acids is 1. The van der Waals surface area contributed by atoms with Crippen LogP contribution in [0.15, 0.2) is 34.9 Å². The van der Waals surface area contributed by atoms with Crippen molar-refractivity contribution in [3.05, 3.63) is 67.0 Å². The first-order chi connectivity index (χ1) is 11.8. The standard InChI is InChI=1S/C16H12BrClN4O3/c1-8-5-10(17)7-21-14(9(2)19-15(8)21)16(23)20-11-3-4-12(18)13(6-11)22(24)25/h3-7H,1-2H3,(H,20,23). The molecule has 2 heterocycles. The van der Waals surface area contributed by atoms with Crippen LogP contribution in [0.25, 0.3) is 5.65 Å². The summed E-state index contributed by atoms with van der Waals surface area (Å²) >= 11 is 9.20. The van der Waals surface area contributed by atoms with Crippen LogP contribution in [0.1, 0.15) is 21.7 Å². The number of pyridine rings is 1. The average Bonchev–Trinajstić information content (AvgIpc) is 2.85. The number of anilines is 1. The van der Waals surface area contributed by atoms with Gasteiger partial charge in [-0.3, -0.25) is 19.3 Å². The molecule has 1 N–H and O–H groups in total. The molecule has 0 spiro atoms. The van der Waals surface area contributed by atoms with Crippen molar-refractivity contribution in [3.63, 3.8) is 0 Å². The van der Waals surface area contributed by atoms with Crippen LogP contribution in [0.2, 0.25) is 5.02 Å². The number of aryl methyl sites for hydroxylation is 2. The third kappa shape index (κ3) is 3.22. The summed E-state index contributed by atoms with van der Waals surface area (Å²) in [5.41, 5.74) is 2.51. The second-order valence-corrected chi connectivity index (χ2v) is 6.78. The molecule has 1 amide bonds. The highest BCUT2D eigenvalue weighted by Crippen LogP contribution is 2.28. The van der Waals surface area contributed by atoms with Crippen LogP contribution in [-0.2, 0) is 0 Å². The lowest BCUT2D eigenvalue weighted by Crippen LogP contribution is -2.15. The Bertz CT molecular complexity index is 1030. The second-order valence-electron chi connectivity index (χ2n) is 5.46. The molecular weight excluding hydrogens is 412 g/mol. The lowest BCUT2D eigenvalue weighted by atomic mass is 10.2. The Balaban J connectivity index is 2.03. The van der Waals surface area contributed by atoms with E-state index in [9.17, 15) is 14.9 Å². The number of halogens is 2. The topological polar surface area (TPSA) is 89.5 Å². The zero-order chi connectivity index (χ0) is 18.3. The number of benzene rings is 1. The third-order valence-electron chi connectivity index (χ3n) is 3.66. The Morgan fingerprint density at radius 1 is 1.36 bits per heavy atom. The van der Waals surface area contributed by atoms with Crippen LogP contribution >= 0.6 is 27.5 Å². The number of rotatable bonds is 3. The fraction of sp³-hybridized carbons (Fsp3) is 0.125. The summed E-state index contributed by atoms with van der Waals surface area (Å²) in [6.07, 6.45) is 1.75. The van der Waals surface area contributed by atoms with Crippen LogP contribution in [0.5, 0.6) is 0 Å². The predicted molar refractivity (Wildman–Crippen MR) is 98.4 cm³/mol. The molecule has 0 radical (unpaired) electrons. The summed E-state index contributed by atoms with van der Waals surface area (Å²) in [4.78, 5) is 27.5. The van der Waals surface area contributed by atoms with E-state index in [-0.39, 0.29) is 16.4 Å². The monoisotopic (exact) mass is 422 g/mol. The van der Waals surface area contributed by atoms with Gasteiger partial charge in [0, 0.05) is 22.4 Å². The zero-order valence-electron chi connectivity index (χ0n) is 13.2. The number of imidazole rings is 1. The molecule has 9 heteroatoms. The van der Waals surface area contributed by atoms with Crippen molar-refractivity contribution in [3.8, 4) is 0 Å². The number of nitrogens with one attached hydrogen (secondary N) is 1. The highest BCUT2D eigenvalue weighted by atomic mass is 79.9. The summed E-state index contributed by atoms with van der Waals surface area (Å²) in [6, 6.07) is 6.01. The van der Waals surface area contributed by atoms with Gasteiger partial charge < -0.3 is 5.32 Å². The number of carbonyl (C=O) groups is 1. The number of fused-ring (bicyclic) bond motifs is 1. The van der Waals surface area contributed by atoms with Gasteiger partial charge in [-0.1, -0.05) is 11.6 Å². The lowest BCUT2D eigenvalue weighted by molar-refractivity contribution is -0.384. The minimum Gasteiger partial charge on any atom is -0.320 e. The van der Waals surface area contributed by atoms with Crippen molar-refractivity contribution in [1.82, 2.24) is 9.38 Å². The lowest BCUT2D eigenvalue weighted by Gasteiger charge is -2.07. The van der Waals surface area contributed by atoms with E-state index in [1.54, 1.807) is 17.5 Å². The average molecular weight is 424 g/mol. The number of aromatic nitrogens is 2. The SMILES string of the molecule is Cc1nc2c(C)cc(Br)cn2c1C(=O)Nc1ccc(Cl)c([N+](=O)[O-])c1. The second kappa shape index (κ2) is 6.45. The Morgan fingerprint density at radius 3 is 2.76 bits per heavy atom. The normalized spacial score (nSPS) is 10.9. The third-order valence-corrected chi connectivity index (χ3v) is 4.41. The maximum atomic E-state index is 12.7. The molecule has 0 aliphatic rings. The summed E-state index contributed by atoms with van der Waals surface area (Å²) < 4.78 is 2.50. The van der Waals surface area contributed by atoms with Crippen molar-refractivity contribution in [2.24, 2.45) is 0 Å². The smallest absolute Gasteiger partial charge is 0.289 e. The van der Waals surface area contributed by atoms with E-state index in [0.717, 1.165) is 10.0 Å². The van der Waals surface area contributed by atoms with Gasteiger partial charge in [-0.2, -0.15) is 0 Å². The molecule has 0 saturated carbocycles. The van der Waals surface area contributed by atoms with Crippen LogP contribution in [-0.4, -0.2) is 20.2 Å². The molecule has 0 aliphatic heterocycles. The molecule has 0 fully saturated rings. The Labute approximate surface area is 155 Å². The number of amides is 1. The van der Waals surface area contributed by atoms with Gasteiger partial charge in [-0.25, -0.2) is 4.98 Å². The number of nitro benzene ring substituents is 1. The van der Waals surface area contributed by atoms with E-state index < -0.39 is 10.8 Å². The molecule has 0 aliphatic carbocycles. The maximum absolute atomic E-state index is 12.7. The number of nitro groups is 1. The fourth-order valence-electron chi connectivity index (χ4n) is 2.58. The molecule has 2 aromatic heterocycles. The molecule has 0 unspecified atom stereocenters. The maximum Gasteiger partial charge on any atom is 0.289 e. The van der Waals surface area contributed by atoms with E-state index in [4.69, 9.17) is 11.6 Å². The fourth-order valence-corrected chi connectivity index (χ4v) is 3.31.